The molecule has 0 aliphatic rings. The molecule has 0 saturated heterocycles. The molecule has 0 spiro atoms. The largest absolute Gasteiger partial charge is 0.497 e. The topological polar surface area (TPSA) is 47.3 Å². The molecule has 3 nitrogen and oxygen atoms in total. The van der Waals surface area contributed by atoms with Gasteiger partial charge in [0, 0.05) is 17.1 Å². The number of hydrogen-bond donors (Lipinski definition) is 2. The van der Waals surface area contributed by atoms with Crippen molar-refractivity contribution in [2.75, 3.05) is 25.5 Å². The van der Waals surface area contributed by atoms with Crippen molar-refractivity contribution in [3.63, 3.8) is 0 Å². The van der Waals surface area contributed by atoms with Crippen LogP contribution >= 0.6 is 15.9 Å². The van der Waals surface area contributed by atoms with E-state index in [1.54, 1.807) is 7.11 Å². The Morgan fingerprint density at radius 1 is 1.50 bits per heavy atom. The van der Waals surface area contributed by atoms with Gasteiger partial charge in [-0.15, -0.1) is 0 Å². The molecule has 1 aromatic rings. The highest BCUT2D eigenvalue weighted by atomic mass is 79.9. The molecule has 0 saturated carbocycles. The molecule has 0 unspecified atom stereocenters. The average molecular weight is 259 g/mol. The Labute approximate surface area is 92.8 Å². The van der Waals surface area contributed by atoms with Crippen molar-refractivity contribution in [1.29, 1.82) is 0 Å². The third-order valence-electron chi connectivity index (χ3n) is 1.87. The van der Waals surface area contributed by atoms with Gasteiger partial charge in [0.2, 0.25) is 0 Å². The van der Waals surface area contributed by atoms with Crippen molar-refractivity contribution in [2.24, 2.45) is 5.73 Å². The molecule has 0 atom stereocenters. The zero-order valence-electron chi connectivity index (χ0n) is 8.22. The zero-order valence-corrected chi connectivity index (χ0v) is 9.80. The van der Waals surface area contributed by atoms with Crippen molar-refractivity contribution in [2.45, 2.75) is 6.42 Å². The first-order chi connectivity index (χ1) is 6.77. The molecule has 0 aliphatic carbocycles. The standard InChI is InChI=1S/C10H15BrN2O/c1-14-8-3-4-9(11)10(7-8)13-6-2-5-12/h3-4,7,13H,2,5-6,12H2,1H3. The zero-order chi connectivity index (χ0) is 10.4. The highest BCUT2D eigenvalue weighted by molar-refractivity contribution is 9.10. The summed E-state index contributed by atoms with van der Waals surface area (Å²) in [4.78, 5) is 0. The summed E-state index contributed by atoms with van der Waals surface area (Å²) in [6.45, 7) is 1.58. The quantitative estimate of drug-likeness (QED) is 0.797. The number of benzene rings is 1. The van der Waals surface area contributed by atoms with Crippen molar-refractivity contribution >= 4 is 21.6 Å². The second-order valence-electron chi connectivity index (χ2n) is 2.91. The molecule has 0 amide bonds. The minimum absolute atomic E-state index is 0.703. The summed E-state index contributed by atoms with van der Waals surface area (Å²) in [7, 11) is 1.66. The van der Waals surface area contributed by atoms with Crippen LogP contribution in [0.1, 0.15) is 6.42 Å². The molecule has 0 bridgehead atoms. The number of methoxy groups -OCH3 is 1. The molecule has 4 heteroatoms. The van der Waals surface area contributed by atoms with E-state index in [2.05, 4.69) is 21.2 Å². The molecule has 0 heterocycles. The average Bonchev–Trinajstić information content (AvgIpc) is 2.21. The van der Waals surface area contributed by atoms with Gasteiger partial charge in [0.1, 0.15) is 5.75 Å². The molecular formula is C10H15BrN2O. The maximum atomic E-state index is 5.41. The number of ether oxygens (including phenoxy) is 1. The van der Waals surface area contributed by atoms with Gasteiger partial charge >= 0.3 is 0 Å². The normalized spacial score (nSPS) is 9.93. The molecular weight excluding hydrogens is 244 g/mol. The van der Waals surface area contributed by atoms with Crippen molar-refractivity contribution in [3.05, 3.63) is 22.7 Å². The first-order valence-electron chi connectivity index (χ1n) is 4.55. The van der Waals surface area contributed by atoms with Crippen LogP contribution in [0.3, 0.4) is 0 Å². The van der Waals surface area contributed by atoms with Crippen LogP contribution in [0, 0.1) is 0 Å². The van der Waals surface area contributed by atoms with E-state index in [1.807, 2.05) is 18.2 Å². The predicted molar refractivity (Wildman–Crippen MR) is 62.9 cm³/mol. The van der Waals surface area contributed by atoms with Crippen molar-refractivity contribution in [3.8, 4) is 5.75 Å². The van der Waals surface area contributed by atoms with Gasteiger partial charge in [0.05, 0.1) is 12.8 Å². The van der Waals surface area contributed by atoms with Gasteiger partial charge in [-0.25, -0.2) is 0 Å². The van der Waals surface area contributed by atoms with Crippen molar-refractivity contribution in [1.82, 2.24) is 0 Å². The van der Waals surface area contributed by atoms with E-state index in [1.165, 1.54) is 0 Å². The fourth-order valence-corrected chi connectivity index (χ4v) is 1.48. The number of nitrogens with one attached hydrogen (secondary N) is 1. The van der Waals surface area contributed by atoms with Gasteiger partial charge in [-0.05, 0) is 41.0 Å². The third-order valence-corrected chi connectivity index (χ3v) is 2.56. The summed E-state index contributed by atoms with van der Waals surface area (Å²) < 4.78 is 6.17. The smallest absolute Gasteiger partial charge is 0.121 e. The molecule has 3 N–H and O–H groups in total. The van der Waals surface area contributed by atoms with Crippen molar-refractivity contribution < 1.29 is 4.74 Å². The fourth-order valence-electron chi connectivity index (χ4n) is 1.09. The molecule has 0 aromatic heterocycles. The van der Waals surface area contributed by atoms with E-state index in [9.17, 15) is 0 Å². The third kappa shape index (κ3) is 3.20. The van der Waals surface area contributed by atoms with Crippen LogP contribution in [0.2, 0.25) is 0 Å². The first kappa shape index (κ1) is 11.3. The fraction of sp³-hybridized carbons (Fsp3) is 0.400. The van der Waals surface area contributed by atoms with E-state index in [0.717, 1.165) is 28.9 Å². The Kier molecular flexibility index (Phi) is 4.76. The van der Waals surface area contributed by atoms with Gasteiger partial charge in [0.15, 0.2) is 0 Å². The summed E-state index contributed by atoms with van der Waals surface area (Å²) in [6, 6.07) is 5.84. The number of nitrogens with two attached hydrogens (primary N) is 1. The lowest BCUT2D eigenvalue weighted by Gasteiger charge is -2.09. The van der Waals surface area contributed by atoms with Crippen LogP contribution in [0.15, 0.2) is 22.7 Å². The minimum Gasteiger partial charge on any atom is -0.497 e. The summed E-state index contributed by atoms with van der Waals surface area (Å²) in [5.74, 6) is 0.850. The molecule has 1 rings (SSSR count). The van der Waals surface area contributed by atoms with Gasteiger partial charge in [-0.3, -0.25) is 0 Å². The Hall–Kier alpha value is -0.740. The lowest BCUT2D eigenvalue weighted by molar-refractivity contribution is 0.415. The van der Waals surface area contributed by atoms with Crippen LogP contribution < -0.4 is 15.8 Å². The number of halogens is 1. The van der Waals surface area contributed by atoms with E-state index in [0.29, 0.717) is 6.54 Å². The predicted octanol–water partition coefficient (Wildman–Crippen LogP) is 2.22. The highest BCUT2D eigenvalue weighted by Gasteiger charge is 2.00. The van der Waals surface area contributed by atoms with Crippen LogP contribution in [-0.4, -0.2) is 20.2 Å². The van der Waals surface area contributed by atoms with E-state index in [-0.39, 0.29) is 0 Å². The van der Waals surface area contributed by atoms with Crippen LogP contribution in [0.4, 0.5) is 5.69 Å². The summed E-state index contributed by atoms with van der Waals surface area (Å²) in [5, 5.41) is 3.28. The van der Waals surface area contributed by atoms with Crippen LogP contribution in [0.5, 0.6) is 5.75 Å². The van der Waals surface area contributed by atoms with Gasteiger partial charge in [-0.2, -0.15) is 0 Å². The van der Waals surface area contributed by atoms with Crippen LogP contribution in [-0.2, 0) is 0 Å². The van der Waals surface area contributed by atoms with Gasteiger partial charge in [-0.1, -0.05) is 0 Å². The SMILES string of the molecule is COc1ccc(Br)c(NCCCN)c1. The number of hydrogen-bond acceptors (Lipinski definition) is 3. The molecule has 14 heavy (non-hydrogen) atoms. The lowest BCUT2D eigenvalue weighted by atomic mass is 10.3. The molecule has 1 aromatic carbocycles. The van der Waals surface area contributed by atoms with E-state index in [4.69, 9.17) is 10.5 Å². The summed E-state index contributed by atoms with van der Waals surface area (Å²) in [5.41, 5.74) is 6.45. The Bertz CT molecular complexity index is 291. The summed E-state index contributed by atoms with van der Waals surface area (Å²) in [6.07, 6.45) is 0.962. The number of anilines is 1. The van der Waals surface area contributed by atoms with Gasteiger partial charge < -0.3 is 15.8 Å². The second-order valence-corrected chi connectivity index (χ2v) is 3.77. The molecule has 0 aliphatic heterocycles. The molecule has 0 radical (unpaired) electrons. The minimum atomic E-state index is 0.703. The highest BCUT2D eigenvalue weighted by Crippen LogP contribution is 2.26. The number of rotatable bonds is 5. The lowest BCUT2D eigenvalue weighted by Crippen LogP contribution is -2.08. The Morgan fingerprint density at radius 2 is 2.29 bits per heavy atom. The van der Waals surface area contributed by atoms with Crippen LogP contribution in [0.25, 0.3) is 0 Å². The summed E-state index contributed by atoms with van der Waals surface area (Å²) >= 11 is 3.46. The Balaban J connectivity index is 2.64. The monoisotopic (exact) mass is 258 g/mol. The van der Waals surface area contributed by atoms with E-state index < -0.39 is 0 Å². The Morgan fingerprint density at radius 3 is 2.93 bits per heavy atom. The maximum Gasteiger partial charge on any atom is 0.121 e. The van der Waals surface area contributed by atoms with E-state index >= 15 is 0 Å². The first-order valence-corrected chi connectivity index (χ1v) is 5.34. The maximum absolute atomic E-state index is 5.41. The van der Waals surface area contributed by atoms with Gasteiger partial charge in [0.25, 0.3) is 0 Å². The molecule has 0 fully saturated rings. The second kappa shape index (κ2) is 5.88. The molecule has 78 valence electrons.